The molecule has 0 spiro atoms. The third kappa shape index (κ3) is 10.9. The van der Waals surface area contributed by atoms with Crippen LogP contribution in [0, 0.1) is 35.4 Å². The number of hydrogen-bond donors (Lipinski definition) is 3. The molecule has 4 aliphatic rings. The Hall–Kier alpha value is -3.22. The highest BCUT2D eigenvalue weighted by atomic mass is 19.1. The fourth-order valence-electron chi connectivity index (χ4n) is 8.28. The number of rotatable bonds is 6. The molecule has 0 heterocycles. The standard InChI is InChI=1S/C13H15FO2.C13H22O2.C13H16O2/c14-12-3-1-2-11(8-12)9-4-6-10(7-5-9)13(15)16;2*14-13(15)12-8-6-11(7-9-12)10-4-2-1-3-5-10/h1-3,8-10H,4-7H2,(H,15,16);10-12H,1-9H2,(H,14,15);1-5,11-12H,6-9H2,(H,14,15). The van der Waals surface area contributed by atoms with E-state index in [1.165, 1.54) is 56.6 Å². The summed E-state index contributed by atoms with van der Waals surface area (Å²) in [5, 5.41) is 26.7. The molecule has 0 saturated heterocycles. The molecule has 0 atom stereocenters. The largest absolute Gasteiger partial charge is 0.481 e. The van der Waals surface area contributed by atoms with E-state index >= 15 is 0 Å². The van der Waals surface area contributed by atoms with Crippen molar-refractivity contribution in [1.82, 2.24) is 0 Å². The second-order valence-electron chi connectivity index (χ2n) is 14.1. The average Bonchev–Trinajstić information content (AvgIpc) is 3.10. The first-order valence-electron chi connectivity index (χ1n) is 17.7. The Bertz CT molecular complexity index is 1220. The van der Waals surface area contributed by atoms with Crippen molar-refractivity contribution in [3.8, 4) is 0 Å². The predicted octanol–water partition coefficient (Wildman–Crippen LogP) is 9.69. The van der Waals surface area contributed by atoms with Gasteiger partial charge in [0.2, 0.25) is 0 Å². The molecule has 0 unspecified atom stereocenters. The summed E-state index contributed by atoms with van der Waals surface area (Å²) >= 11 is 0. The maximum absolute atomic E-state index is 13.0. The summed E-state index contributed by atoms with van der Waals surface area (Å²) in [4.78, 5) is 32.4. The Morgan fingerprint density at radius 3 is 1.35 bits per heavy atom. The second kappa shape index (κ2) is 18.2. The number of carboxylic acids is 3. The first kappa shape index (κ1) is 35.6. The van der Waals surface area contributed by atoms with E-state index in [0.717, 1.165) is 68.8 Å². The van der Waals surface area contributed by atoms with E-state index in [-0.39, 0.29) is 23.6 Å². The van der Waals surface area contributed by atoms with Crippen LogP contribution in [0.4, 0.5) is 4.39 Å². The number of carboxylic acid groups (broad SMARTS) is 3. The van der Waals surface area contributed by atoms with Gasteiger partial charge in [-0.25, -0.2) is 4.39 Å². The zero-order valence-corrected chi connectivity index (χ0v) is 27.2. The maximum Gasteiger partial charge on any atom is 0.306 e. The van der Waals surface area contributed by atoms with E-state index in [1.54, 1.807) is 12.1 Å². The molecule has 4 aliphatic carbocycles. The van der Waals surface area contributed by atoms with Gasteiger partial charge in [-0.05, 0) is 124 Å². The van der Waals surface area contributed by atoms with Crippen LogP contribution in [0.3, 0.4) is 0 Å². The third-order valence-corrected chi connectivity index (χ3v) is 11.2. The highest BCUT2D eigenvalue weighted by Crippen LogP contribution is 2.40. The number of halogens is 1. The molecule has 2 aromatic rings. The fraction of sp³-hybridized carbons (Fsp3) is 0.615. The zero-order chi connectivity index (χ0) is 32.9. The highest BCUT2D eigenvalue weighted by molar-refractivity contribution is 5.70. The lowest BCUT2D eigenvalue weighted by Crippen LogP contribution is -2.26. The van der Waals surface area contributed by atoms with Crippen molar-refractivity contribution in [3.05, 3.63) is 71.5 Å². The van der Waals surface area contributed by atoms with Crippen molar-refractivity contribution in [1.29, 1.82) is 0 Å². The van der Waals surface area contributed by atoms with Gasteiger partial charge in [0.15, 0.2) is 0 Å². The molecule has 4 fully saturated rings. The van der Waals surface area contributed by atoms with Crippen LogP contribution in [0.1, 0.15) is 132 Å². The molecular weight excluding hydrogens is 583 g/mol. The summed E-state index contributed by atoms with van der Waals surface area (Å²) in [5.74, 6) is 0.219. The number of carbonyl (C=O) groups is 3. The number of hydrogen-bond acceptors (Lipinski definition) is 3. The molecule has 6 rings (SSSR count). The molecule has 252 valence electrons. The molecule has 0 amide bonds. The van der Waals surface area contributed by atoms with Crippen LogP contribution in [0.15, 0.2) is 54.6 Å². The monoisotopic (exact) mass is 636 g/mol. The molecule has 46 heavy (non-hydrogen) atoms. The molecule has 3 N–H and O–H groups in total. The minimum atomic E-state index is -0.697. The molecule has 0 aliphatic heterocycles. The smallest absolute Gasteiger partial charge is 0.306 e. The quantitative estimate of drug-likeness (QED) is 0.291. The Morgan fingerprint density at radius 2 is 0.891 bits per heavy atom. The van der Waals surface area contributed by atoms with Gasteiger partial charge in [-0.3, -0.25) is 14.4 Å². The van der Waals surface area contributed by atoms with Crippen LogP contribution in [0.2, 0.25) is 0 Å². The Labute approximate surface area is 273 Å². The van der Waals surface area contributed by atoms with Gasteiger partial charge in [0, 0.05) is 0 Å². The van der Waals surface area contributed by atoms with E-state index in [4.69, 9.17) is 15.3 Å². The summed E-state index contributed by atoms with van der Waals surface area (Å²) in [6, 6.07) is 17.1. The van der Waals surface area contributed by atoms with E-state index in [9.17, 15) is 18.8 Å². The van der Waals surface area contributed by atoms with E-state index in [0.29, 0.717) is 24.7 Å². The lowest BCUT2D eigenvalue weighted by molar-refractivity contribution is -0.144. The van der Waals surface area contributed by atoms with E-state index in [1.807, 2.05) is 12.1 Å². The first-order valence-corrected chi connectivity index (χ1v) is 17.7. The van der Waals surface area contributed by atoms with Gasteiger partial charge in [-0.2, -0.15) is 0 Å². The molecule has 0 radical (unpaired) electrons. The van der Waals surface area contributed by atoms with Crippen LogP contribution in [-0.2, 0) is 14.4 Å². The molecule has 6 nitrogen and oxygen atoms in total. The maximum atomic E-state index is 13.0. The molecule has 0 bridgehead atoms. The van der Waals surface area contributed by atoms with Crippen LogP contribution < -0.4 is 0 Å². The van der Waals surface area contributed by atoms with Gasteiger partial charge >= 0.3 is 17.9 Å². The third-order valence-electron chi connectivity index (χ3n) is 11.2. The lowest BCUT2D eigenvalue weighted by Gasteiger charge is -2.34. The summed E-state index contributed by atoms with van der Waals surface area (Å²) in [7, 11) is 0. The van der Waals surface area contributed by atoms with Crippen molar-refractivity contribution in [2.45, 2.75) is 121 Å². The van der Waals surface area contributed by atoms with Crippen molar-refractivity contribution in [3.63, 3.8) is 0 Å². The van der Waals surface area contributed by atoms with Crippen LogP contribution in [0.5, 0.6) is 0 Å². The summed E-state index contributed by atoms with van der Waals surface area (Å²) in [5.41, 5.74) is 2.37. The minimum absolute atomic E-state index is 0.0372. The van der Waals surface area contributed by atoms with E-state index < -0.39 is 17.9 Å². The van der Waals surface area contributed by atoms with Crippen molar-refractivity contribution in [2.24, 2.45) is 29.6 Å². The fourth-order valence-corrected chi connectivity index (χ4v) is 8.28. The normalized spacial score (nSPS) is 28.4. The Kier molecular flexibility index (Phi) is 14.1. The SMILES string of the molecule is O=C(O)C1CCC(C2CCCCC2)CC1.O=C(O)C1CCC(c2cccc(F)c2)CC1.O=C(O)C1CCC(c2ccccc2)CC1. The van der Waals surface area contributed by atoms with Gasteiger partial charge in [-0.1, -0.05) is 74.6 Å². The summed E-state index contributed by atoms with van der Waals surface area (Å²) < 4.78 is 13.0. The average molecular weight is 637 g/mol. The Balaban J connectivity index is 0.000000157. The summed E-state index contributed by atoms with van der Waals surface area (Å²) in [6.45, 7) is 0. The van der Waals surface area contributed by atoms with Gasteiger partial charge < -0.3 is 15.3 Å². The number of benzene rings is 2. The van der Waals surface area contributed by atoms with Gasteiger partial charge in [0.25, 0.3) is 0 Å². The van der Waals surface area contributed by atoms with Crippen molar-refractivity contribution >= 4 is 17.9 Å². The van der Waals surface area contributed by atoms with E-state index in [2.05, 4.69) is 24.3 Å². The topological polar surface area (TPSA) is 112 Å². The summed E-state index contributed by atoms with van der Waals surface area (Å²) in [6.07, 6.45) is 18.0. The molecule has 2 aromatic carbocycles. The first-order chi connectivity index (χ1) is 22.2. The Morgan fingerprint density at radius 1 is 0.478 bits per heavy atom. The lowest BCUT2D eigenvalue weighted by atomic mass is 9.71. The van der Waals surface area contributed by atoms with Gasteiger partial charge in [-0.15, -0.1) is 0 Å². The van der Waals surface area contributed by atoms with Crippen LogP contribution in [-0.4, -0.2) is 33.2 Å². The molecule has 0 aromatic heterocycles. The van der Waals surface area contributed by atoms with Gasteiger partial charge in [0.05, 0.1) is 17.8 Å². The predicted molar refractivity (Wildman–Crippen MR) is 177 cm³/mol. The molecule has 7 heteroatoms. The van der Waals surface area contributed by atoms with Crippen LogP contribution in [0.25, 0.3) is 0 Å². The van der Waals surface area contributed by atoms with Crippen molar-refractivity contribution < 1.29 is 34.1 Å². The zero-order valence-electron chi connectivity index (χ0n) is 27.2. The molecular formula is C39H53FO6. The number of aliphatic carboxylic acids is 3. The molecule has 4 saturated carbocycles. The van der Waals surface area contributed by atoms with Crippen LogP contribution >= 0.6 is 0 Å². The highest BCUT2D eigenvalue weighted by Gasteiger charge is 2.31. The van der Waals surface area contributed by atoms with Crippen molar-refractivity contribution in [2.75, 3.05) is 0 Å². The second-order valence-corrected chi connectivity index (χ2v) is 14.1. The van der Waals surface area contributed by atoms with Gasteiger partial charge in [0.1, 0.15) is 5.82 Å². The minimum Gasteiger partial charge on any atom is -0.481 e.